The van der Waals surface area contributed by atoms with Gasteiger partial charge in [-0.05, 0) is 37.6 Å². The van der Waals surface area contributed by atoms with Gasteiger partial charge in [0.2, 0.25) is 0 Å². The Morgan fingerprint density at radius 3 is 2.39 bits per heavy atom. The van der Waals surface area contributed by atoms with E-state index in [1.165, 1.54) is 31.3 Å². The van der Waals surface area contributed by atoms with E-state index in [1.54, 1.807) is 19.1 Å². The van der Waals surface area contributed by atoms with Gasteiger partial charge in [-0.2, -0.15) is 8.78 Å². The first-order chi connectivity index (χ1) is 10.9. The number of carbonyl (C=O) groups excluding carboxylic acids is 2. The first-order valence-corrected chi connectivity index (χ1v) is 6.92. The molecule has 2 rings (SSSR count). The van der Waals surface area contributed by atoms with Crippen LogP contribution in [0.5, 0.6) is 5.75 Å². The minimum Gasteiger partial charge on any atom is -0.435 e. The summed E-state index contributed by atoms with van der Waals surface area (Å²) >= 11 is 0. The zero-order valence-corrected chi connectivity index (χ0v) is 12.6. The van der Waals surface area contributed by atoms with E-state index in [4.69, 9.17) is 0 Å². The number of benzene rings is 1. The van der Waals surface area contributed by atoms with E-state index in [-0.39, 0.29) is 29.2 Å². The summed E-state index contributed by atoms with van der Waals surface area (Å²) < 4.78 is 28.4. The predicted octanol–water partition coefficient (Wildman–Crippen LogP) is 3.31. The molecule has 1 amide bonds. The Bertz CT molecular complexity index is 696. The van der Waals surface area contributed by atoms with Gasteiger partial charge in [-0.3, -0.25) is 9.59 Å². The molecule has 0 saturated carbocycles. The Morgan fingerprint density at radius 2 is 1.87 bits per heavy atom. The molecule has 0 aliphatic rings. The molecule has 1 unspecified atom stereocenters. The molecule has 2 N–H and O–H groups in total. The quantitative estimate of drug-likeness (QED) is 0.802. The average molecular weight is 322 g/mol. The van der Waals surface area contributed by atoms with Crippen LogP contribution in [0.2, 0.25) is 0 Å². The number of Topliss-reactive ketones (excluding diaryl/α,β-unsaturated/α-hetero) is 1. The van der Waals surface area contributed by atoms with Gasteiger partial charge in [-0.25, -0.2) is 0 Å². The van der Waals surface area contributed by atoms with Gasteiger partial charge in [-0.15, -0.1) is 0 Å². The Kier molecular flexibility index (Phi) is 5.10. The van der Waals surface area contributed by atoms with E-state index in [0.29, 0.717) is 5.56 Å². The molecule has 1 aromatic carbocycles. The number of alkyl halides is 2. The molecule has 5 nitrogen and oxygen atoms in total. The highest BCUT2D eigenvalue weighted by molar-refractivity contribution is 5.99. The number of aromatic amines is 1. The van der Waals surface area contributed by atoms with E-state index in [0.717, 1.165) is 5.56 Å². The Balaban J connectivity index is 2.01. The van der Waals surface area contributed by atoms with Crippen LogP contribution in [-0.2, 0) is 0 Å². The first-order valence-electron chi connectivity index (χ1n) is 6.92. The fourth-order valence-electron chi connectivity index (χ4n) is 2.02. The van der Waals surface area contributed by atoms with Crippen molar-refractivity contribution in [1.82, 2.24) is 10.3 Å². The maximum absolute atomic E-state index is 12.1. The largest absolute Gasteiger partial charge is 0.435 e. The minimum atomic E-state index is -2.87. The topological polar surface area (TPSA) is 71.2 Å². The van der Waals surface area contributed by atoms with Crippen molar-refractivity contribution in [3.63, 3.8) is 0 Å². The highest BCUT2D eigenvalue weighted by Crippen LogP contribution is 2.19. The molecule has 1 heterocycles. The molecule has 0 radical (unpaired) electrons. The summed E-state index contributed by atoms with van der Waals surface area (Å²) in [7, 11) is 0. The van der Waals surface area contributed by atoms with Crippen molar-refractivity contribution in [1.29, 1.82) is 0 Å². The molecule has 0 aliphatic carbocycles. The lowest BCUT2D eigenvalue weighted by atomic mass is 10.1. The maximum atomic E-state index is 12.1. The lowest BCUT2D eigenvalue weighted by molar-refractivity contribution is -0.0498. The Labute approximate surface area is 131 Å². The summed E-state index contributed by atoms with van der Waals surface area (Å²) in [5.74, 6) is -0.446. The number of nitrogens with one attached hydrogen (secondary N) is 2. The van der Waals surface area contributed by atoms with Crippen molar-refractivity contribution in [2.24, 2.45) is 0 Å². The lowest BCUT2D eigenvalue weighted by Crippen LogP contribution is -2.26. The molecular weight excluding hydrogens is 306 g/mol. The first kappa shape index (κ1) is 16.7. The lowest BCUT2D eigenvalue weighted by Gasteiger charge is -2.14. The van der Waals surface area contributed by atoms with Crippen molar-refractivity contribution >= 4 is 11.7 Å². The van der Waals surface area contributed by atoms with Gasteiger partial charge in [0.15, 0.2) is 5.78 Å². The monoisotopic (exact) mass is 322 g/mol. The van der Waals surface area contributed by atoms with Crippen LogP contribution in [0.3, 0.4) is 0 Å². The summed E-state index contributed by atoms with van der Waals surface area (Å²) in [5, 5.41) is 2.75. The fraction of sp³-hybridized carbons (Fsp3) is 0.250. The number of amides is 1. The molecular formula is C16H16F2N2O3. The molecule has 0 bridgehead atoms. The maximum Gasteiger partial charge on any atom is 0.387 e. The smallest absolute Gasteiger partial charge is 0.387 e. The Hall–Kier alpha value is -2.70. The van der Waals surface area contributed by atoms with E-state index in [1.807, 2.05) is 0 Å². The zero-order chi connectivity index (χ0) is 17.0. The van der Waals surface area contributed by atoms with Crippen LogP contribution in [0.25, 0.3) is 0 Å². The number of ketones is 1. The molecule has 122 valence electrons. The van der Waals surface area contributed by atoms with Crippen LogP contribution >= 0.6 is 0 Å². The van der Waals surface area contributed by atoms with Crippen LogP contribution in [-0.4, -0.2) is 23.3 Å². The highest BCUT2D eigenvalue weighted by Gasteiger charge is 2.14. The van der Waals surface area contributed by atoms with Gasteiger partial charge < -0.3 is 15.0 Å². The third-order valence-electron chi connectivity index (χ3n) is 3.29. The zero-order valence-electron chi connectivity index (χ0n) is 12.6. The molecule has 1 atom stereocenters. The number of hydrogen-bond acceptors (Lipinski definition) is 3. The average Bonchev–Trinajstić information content (AvgIpc) is 2.97. The molecule has 7 heteroatoms. The number of halogens is 2. The molecule has 2 aromatic rings. The van der Waals surface area contributed by atoms with Crippen LogP contribution < -0.4 is 10.1 Å². The van der Waals surface area contributed by atoms with Crippen molar-refractivity contribution in [2.45, 2.75) is 26.5 Å². The number of rotatable bonds is 6. The molecule has 0 spiro atoms. The van der Waals surface area contributed by atoms with Crippen LogP contribution in [0.1, 0.15) is 46.3 Å². The summed E-state index contributed by atoms with van der Waals surface area (Å²) in [6, 6.07) is 7.15. The second kappa shape index (κ2) is 7.04. The standard InChI is InChI=1S/C16H16F2N2O3/c1-9(11-3-5-13(6-4-11)23-16(17)18)20-15(22)14-7-12(8-19-14)10(2)21/h3-9,16,19H,1-2H3,(H,20,22). The van der Waals surface area contributed by atoms with Gasteiger partial charge in [0.05, 0.1) is 6.04 Å². The number of hydrogen-bond donors (Lipinski definition) is 2. The van der Waals surface area contributed by atoms with Gasteiger partial charge >= 0.3 is 6.61 Å². The molecule has 1 aromatic heterocycles. The SMILES string of the molecule is CC(=O)c1c[nH]c(C(=O)NC(C)c2ccc(OC(F)F)cc2)c1. The van der Waals surface area contributed by atoms with Gasteiger partial charge in [0.25, 0.3) is 5.91 Å². The van der Waals surface area contributed by atoms with E-state index in [2.05, 4.69) is 15.0 Å². The van der Waals surface area contributed by atoms with Crippen LogP contribution in [0.4, 0.5) is 8.78 Å². The summed E-state index contributed by atoms with van der Waals surface area (Å²) in [4.78, 5) is 26.1. The Morgan fingerprint density at radius 1 is 1.22 bits per heavy atom. The number of H-pyrrole nitrogens is 1. The summed E-state index contributed by atoms with van der Waals surface area (Å²) in [6.45, 7) is 0.299. The minimum absolute atomic E-state index is 0.0535. The number of carbonyl (C=O) groups is 2. The second-order valence-corrected chi connectivity index (χ2v) is 5.00. The summed E-state index contributed by atoms with van der Waals surface area (Å²) in [6.07, 6.45) is 1.47. The van der Waals surface area contributed by atoms with Gasteiger partial charge in [0, 0.05) is 11.8 Å². The van der Waals surface area contributed by atoms with Crippen molar-refractivity contribution in [3.8, 4) is 5.75 Å². The summed E-state index contributed by atoms with van der Waals surface area (Å²) in [5.41, 5.74) is 1.44. The fourth-order valence-corrected chi connectivity index (χ4v) is 2.02. The molecule has 0 fully saturated rings. The van der Waals surface area contributed by atoms with Crippen LogP contribution in [0, 0.1) is 0 Å². The third kappa shape index (κ3) is 4.38. The van der Waals surface area contributed by atoms with Gasteiger partial charge in [-0.1, -0.05) is 12.1 Å². The van der Waals surface area contributed by atoms with E-state index < -0.39 is 6.61 Å². The van der Waals surface area contributed by atoms with Gasteiger partial charge in [0.1, 0.15) is 11.4 Å². The molecule has 0 saturated heterocycles. The highest BCUT2D eigenvalue weighted by atomic mass is 19.3. The van der Waals surface area contributed by atoms with Crippen molar-refractivity contribution < 1.29 is 23.1 Å². The van der Waals surface area contributed by atoms with E-state index >= 15 is 0 Å². The van der Waals surface area contributed by atoms with E-state index in [9.17, 15) is 18.4 Å². The second-order valence-electron chi connectivity index (χ2n) is 5.00. The normalized spacial score (nSPS) is 12.0. The predicted molar refractivity (Wildman–Crippen MR) is 79.8 cm³/mol. The van der Waals surface area contributed by atoms with Crippen LogP contribution in [0.15, 0.2) is 36.5 Å². The third-order valence-corrected chi connectivity index (χ3v) is 3.29. The van der Waals surface area contributed by atoms with Crippen molar-refractivity contribution in [2.75, 3.05) is 0 Å². The number of ether oxygens (including phenoxy) is 1. The van der Waals surface area contributed by atoms with Crippen molar-refractivity contribution in [3.05, 3.63) is 53.3 Å². The molecule has 23 heavy (non-hydrogen) atoms. The number of aromatic nitrogens is 1. The molecule has 0 aliphatic heterocycles.